The molecule has 0 saturated heterocycles. The lowest BCUT2D eigenvalue weighted by molar-refractivity contribution is 0.0837. The molecule has 0 spiro atoms. The average molecular weight is 591 g/mol. The number of rotatable bonds is 11. The minimum absolute atomic E-state index is 0.0358. The molecule has 0 amide bonds. The lowest BCUT2D eigenvalue weighted by Crippen LogP contribution is -2.49. The van der Waals surface area contributed by atoms with Gasteiger partial charge >= 0.3 is 0 Å². The van der Waals surface area contributed by atoms with Crippen LogP contribution in [-0.2, 0) is 13.6 Å². The zero-order valence-corrected chi connectivity index (χ0v) is 30.9. The molecule has 2 aliphatic carbocycles. The SMILES string of the molecule is C=C1C(=CC=C2CCC[C@@](C)(CCOCCC(C)C)C2)CC(O[Si](C)(C)C(C)(C)C)CC1O[Si](C)(C)C(C)(C)C. The predicted octanol–water partition coefficient (Wildman–Crippen LogP) is 11.0. The molecule has 0 radical (unpaired) electrons. The molecule has 0 bridgehead atoms. The topological polar surface area (TPSA) is 27.7 Å². The van der Waals surface area contributed by atoms with Crippen molar-refractivity contribution >= 4 is 16.6 Å². The molecule has 40 heavy (non-hydrogen) atoms. The minimum atomic E-state index is -1.95. The maximum atomic E-state index is 7.02. The number of hydrogen-bond donors (Lipinski definition) is 0. The Morgan fingerprint density at radius 1 is 0.950 bits per heavy atom. The van der Waals surface area contributed by atoms with E-state index in [1.807, 2.05) is 0 Å². The second kappa shape index (κ2) is 13.9. The van der Waals surface area contributed by atoms with Gasteiger partial charge in [-0.05, 0) is 104 Å². The quantitative estimate of drug-likeness (QED) is 0.177. The standard InChI is InChI=1S/C35H66O3Si2/c1-27(2)19-22-36-23-21-35(10)20-15-16-29(26-35)17-18-30-24-31(37-39(11,12)33(4,5)6)25-32(28(30)3)38-40(13,14)34(7,8)9/h17-18,27,31-32H,3,15-16,19-26H2,1-2,4-14H3/t31?,32?,35-/m0/s1. The largest absolute Gasteiger partial charge is 0.413 e. The van der Waals surface area contributed by atoms with E-state index in [1.54, 1.807) is 5.57 Å². The molecule has 2 saturated carbocycles. The van der Waals surface area contributed by atoms with Crippen molar-refractivity contribution in [2.75, 3.05) is 13.2 Å². The second-order valence-corrected chi connectivity index (χ2v) is 26.2. The van der Waals surface area contributed by atoms with Crippen LogP contribution in [0.15, 0.2) is 35.5 Å². The van der Waals surface area contributed by atoms with Gasteiger partial charge in [-0.25, -0.2) is 0 Å². The van der Waals surface area contributed by atoms with E-state index in [-0.39, 0.29) is 22.3 Å². The van der Waals surface area contributed by atoms with Gasteiger partial charge in [0.1, 0.15) is 0 Å². The van der Waals surface area contributed by atoms with Gasteiger partial charge in [0.2, 0.25) is 0 Å². The van der Waals surface area contributed by atoms with Crippen LogP contribution in [0, 0.1) is 11.3 Å². The van der Waals surface area contributed by atoms with Crippen molar-refractivity contribution in [1.29, 1.82) is 0 Å². The maximum Gasteiger partial charge on any atom is 0.192 e. The molecule has 2 fully saturated rings. The molecule has 0 aliphatic heterocycles. The molecular formula is C35H66O3Si2. The van der Waals surface area contributed by atoms with Crippen molar-refractivity contribution in [3.05, 3.63) is 35.5 Å². The van der Waals surface area contributed by atoms with Crippen LogP contribution in [0.1, 0.15) is 114 Å². The summed E-state index contributed by atoms with van der Waals surface area (Å²) < 4.78 is 20.0. The number of hydrogen-bond acceptors (Lipinski definition) is 3. The monoisotopic (exact) mass is 590 g/mol. The van der Waals surface area contributed by atoms with Crippen LogP contribution in [0.5, 0.6) is 0 Å². The van der Waals surface area contributed by atoms with Gasteiger partial charge in [-0.15, -0.1) is 0 Å². The van der Waals surface area contributed by atoms with Crippen LogP contribution in [0.25, 0.3) is 0 Å². The summed E-state index contributed by atoms with van der Waals surface area (Å²) in [5.74, 6) is 0.709. The Kier molecular flexibility index (Phi) is 12.4. The van der Waals surface area contributed by atoms with Crippen molar-refractivity contribution < 1.29 is 13.6 Å². The summed E-state index contributed by atoms with van der Waals surface area (Å²) in [6, 6.07) is 0. The van der Waals surface area contributed by atoms with E-state index < -0.39 is 16.6 Å². The van der Waals surface area contributed by atoms with Gasteiger partial charge < -0.3 is 13.6 Å². The fraction of sp³-hybridized carbons (Fsp3) is 0.829. The minimum Gasteiger partial charge on any atom is -0.413 e. The first kappa shape index (κ1) is 35.7. The molecule has 232 valence electrons. The molecule has 3 atom stereocenters. The van der Waals surface area contributed by atoms with Crippen LogP contribution in [0.3, 0.4) is 0 Å². The van der Waals surface area contributed by atoms with Gasteiger partial charge in [0.15, 0.2) is 16.6 Å². The summed E-state index contributed by atoms with van der Waals surface area (Å²) in [5.41, 5.74) is 4.42. The van der Waals surface area contributed by atoms with E-state index in [2.05, 4.69) is 107 Å². The highest BCUT2D eigenvalue weighted by molar-refractivity contribution is 6.74. The highest BCUT2D eigenvalue weighted by Gasteiger charge is 2.44. The maximum absolute atomic E-state index is 7.02. The van der Waals surface area contributed by atoms with Gasteiger partial charge in [0.05, 0.1) is 12.2 Å². The summed E-state index contributed by atoms with van der Waals surface area (Å²) in [6.07, 6.45) is 14.1. The third-order valence-corrected chi connectivity index (χ3v) is 19.4. The molecular weight excluding hydrogens is 525 g/mol. The van der Waals surface area contributed by atoms with E-state index >= 15 is 0 Å². The van der Waals surface area contributed by atoms with Gasteiger partial charge in [-0.3, -0.25) is 0 Å². The Hall–Kier alpha value is -0.466. The Bertz CT molecular complexity index is 901. The van der Waals surface area contributed by atoms with Gasteiger partial charge in [0, 0.05) is 19.6 Å². The molecule has 0 aromatic carbocycles. The van der Waals surface area contributed by atoms with Gasteiger partial charge in [-0.2, -0.15) is 0 Å². The summed E-state index contributed by atoms with van der Waals surface area (Å²) in [7, 11) is -3.84. The molecule has 3 nitrogen and oxygen atoms in total. The lowest BCUT2D eigenvalue weighted by atomic mass is 9.71. The predicted molar refractivity (Wildman–Crippen MR) is 180 cm³/mol. The number of allylic oxidation sites excluding steroid dienone is 3. The average Bonchev–Trinajstić information content (AvgIpc) is 2.78. The van der Waals surface area contributed by atoms with E-state index in [0.717, 1.165) is 38.9 Å². The summed E-state index contributed by atoms with van der Waals surface area (Å²) in [6.45, 7) is 36.8. The zero-order chi connectivity index (χ0) is 30.6. The van der Waals surface area contributed by atoms with E-state index in [0.29, 0.717) is 11.3 Å². The first-order chi connectivity index (χ1) is 18.2. The Balaban J connectivity index is 2.23. The fourth-order valence-corrected chi connectivity index (χ4v) is 8.01. The van der Waals surface area contributed by atoms with E-state index in [9.17, 15) is 0 Å². The summed E-state index contributed by atoms with van der Waals surface area (Å²) in [4.78, 5) is 0. The van der Waals surface area contributed by atoms with Gasteiger partial charge in [-0.1, -0.05) is 86.6 Å². The first-order valence-corrected chi connectivity index (χ1v) is 22.0. The fourth-order valence-electron chi connectivity index (χ4n) is 5.34. The number of ether oxygens (including phenoxy) is 1. The van der Waals surface area contributed by atoms with Crippen LogP contribution in [0.4, 0.5) is 0 Å². The van der Waals surface area contributed by atoms with Crippen molar-refractivity contribution in [1.82, 2.24) is 0 Å². The van der Waals surface area contributed by atoms with Crippen LogP contribution in [0.2, 0.25) is 36.3 Å². The highest BCUT2D eigenvalue weighted by atomic mass is 28.4. The smallest absolute Gasteiger partial charge is 0.192 e. The Morgan fingerprint density at radius 3 is 2.12 bits per heavy atom. The molecule has 2 unspecified atom stereocenters. The van der Waals surface area contributed by atoms with E-state index in [1.165, 1.54) is 36.8 Å². The van der Waals surface area contributed by atoms with Crippen molar-refractivity contribution in [2.24, 2.45) is 11.3 Å². The van der Waals surface area contributed by atoms with Crippen LogP contribution in [-0.4, -0.2) is 42.1 Å². The van der Waals surface area contributed by atoms with Crippen molar-refractivity contribution in [2.45, 2.75) is 162 Å². The normalized spacial score (nSPS) is 27.7. The molecule has 0 aromatic rings. The van der Waals surface area contributed by atoms with E-state index in [4.69, 9.17) is 13.6 Å². The highest BCUT2D eigenvalue weighted by Crippen LogP contribution is 2.45. The summed E-state index contributed by atoms with van der Waals surface area (Å²) in [5, 5.41) is 0.353. The third kappa shape index (κ3) is 10.4. The molecule has 0 N–H and O–H groups in total. The van der Waals surface area contributed by atoms with Crippen LogP contribution >= 0.6 is 0 Å². The molecule has 2 aliphatic rings. The lowest BCUT2D eigenvalue weighted by Gasteiger charge is -2.45. The summed E-state index contributed by atoms with van der Waals surface area (Å²) >= 11 is 0. The van der Waals surface area contributed by atoms with Gasteiger partial charge in [0.25, 0.3) is 0 Å². The third-order valence-electron chi connectivity index (χ3n) is 10.4. The van der Waals surface area contributed by atoms with Crippen molar-refractivity contribution in [3.63, 3.8) is 0 Å². The molecule has 5 heteroatoms. The molecule has 2 rings (SSSR count). The zero-order valence-electron chi connectivity index (χ0n) is 28.9. The Morgan fingerprint density at radius 2 is 1.55 bits per heavy atom. The second-order valence-electron chi connectivity index (χ2n) is 16.7. The first-order valence-electron chi connectivity index (χ1n) is 16.2. The molecule has 0 heterocycles. The van der Waals surface area contributed by atoms with Crippen molar-refractivity contribution in [3.8, 4) is 0 Å². The molecule has 0 aromatic heterocycles. The van der Waals surface area contributed by atoms with Crippen LogP contribution < -0.4 is 0 Å². The Labute approximate surface area is 251 Å².